The number of nitrogens with zero attached hydrogens (tertiary/aromatic N) is 1. The fourth-order valence-electron chi connectivity index (χ4n) is 5.56. The van der Waals surface area contributed by atoms with Crippen LogP contribution in [0.15, 0.2) is 73.1 Å². The molecule has 3 heterocycles. The molecular weight excluding hydrogens is 510 g/mol. The zero-order chi connectivity index (χ0) is 27.7. The summed E-state index contributed by atoms with van der Waals surface area (Å²) in [6.45, 7) is 2.52. The number of ether oxygens (including phenoxy) is 1. The highest BCUT2D eigenvalue weighted by atomic mass is 19.1. The van der Waals surface area contributed by atoms with Crippen molar-refractivity contribution in [3.05, 3.63) is 102 Å². The summed E-state index contributed by atoms with van der Waals surface area (Å²) in [4.78, 5) is 24.0. The first-order valence-corrected chi connectivity index (χ1v) is 13.6. The number of benzene rings is 3. The van der Waals surface area contributed by atoms with Gasteiger partial charge in [0.05, 0.1) is 5.56 Å². The Hall–Kier alpha value is -4.46. The quantitative estimate of drug-likeness (QED) is 0.211. The van der Waals surface area contributed by atoms with Crippen LogP contribution in [0.3, 0.4) is 0 Å². The fraction of sp³-hybridized carbons (Fsp3) is 0.250. The highest BCUT2D eigenvalue weighted by molar-refractivity contribution is 5.85. The molecule has 6 nitrogen and oxygen atoms in total. The molecule has 8 heteroatoms. The number of hydrogen-bond acceptors (Lipinski definition) is 3. The molecule has 1 unspecified atom stereocenters. The summed E-state index contributed by atoms with van der Waals surface area (Å²) in [6.07, 6.45) is 6.65. The third kappa shape index (κ3) is 4.85. The van der Waals surface area contributed by atoms with Gasteiger partial charge in [-0.3, -0.25) is 4.79 Å². The molecule has 0 spiro atoms. The number of fused-ring (bicyclic) bond motifs is 8. The first-order valence-electron chi connectivity index (χ1n) is 13.6. The first-order chi connectivity index (χ1) is 19.4. The number of rotatable bonds is 1. The van der Waals surface area contributed by atoms with Gasteiger partial charge in [-0.1, -0.05) is 36.8 Å². The molecule has 204 valence electrons. The van der Waals surface area contributed by atoms with E-state index in [0.717, 1.165) is 35.8 Å². The number of carbonyl (C=O) groups excluding carboxylic acids is 1. The predicted molar refractivity (Wildman–Crippen MR) is 150 cm³/mol. The van der Waals surface area contributed by atoms with Crippen molar-refractivity contribution in [2.45, 2.75) is 44.4 Å². The zero-order valence-corrected chi connectivity index (χ0v) is 22.2. The van der Waals surface area contributed by atoms with Gasteiger partial charge in [0.1, 0.15) is 17.4 Å². The summed E-state index contributed by atoms with van der Waals surface area (Å²) in [7, 11) is 0. The lowest BCUT2D eigenvalue weighted by Crippen LogP contribution is -2.34. The van der Waals surface area contributed by atoms with Crippen LogP contribution in [0.1, 0.15) is 49.4 Å². The number of aromatic nitrogens is 3. The van der Waals surface area contributed by atoms with Crippen molar-refractivity contribution in [3.63, 3.8) is 0 Å². The topological polar surface area (TPSA) is 82.8 Å². The van der Waals surface area contributed by atoms with Gasteiger partial charge in [0.15, 0.2) is 11.6 Å². The number of imidazole rings is 1. The van der Waals surface area contributed by atoms with Crippen LogP contribution in [0, 0.1) is 11.6 Å². The Kier molecular flexibility index (Phi) is 6.84. The molecule has 0 saturated carbocycles. The third-order valence-corrected chi connectivity index (χ3v) is 7.80. The van der Waals surface area contributed by atoms with Crippen LogP contribution in [0.5, 0.6) is 11.5 Å². The van der Waals surface area contributed by atoms with Crippen LogP contribution in [0.25, 0.3) is 22.3 Å². The molecule has 1 aliphatic heterocycles. The Morgan fingerprint density at radius 3 is 2.67 bits per heavy atom. The lowest BCUT2D eigenvalue weighted by Gasteiger charge is -2.28. The maximum atomic E-state index is 15.3. The van der Waals surface area contributed by atoms with Crippen molar-refractivity contribution in [3.8, 4) is 22.9 Å². The minimum Gasteiger partial charge on any atom is -0.454 e. The number of H-pyrrole nitrogens is 2. The largest absolute Gasteiger partial charge is 0.454 e. The average molecular weight is 541 g/mol. The number of amides is 1. The molecule has 40 heavy (non-hydrogen) atoms. The molecule has 0 saturated heterocycles. The Balaban J connectivity index is 1.45. The minimum atomic E-state index is -0.726. The second-order valence-corrected chi connectivity index (χ2v) is 10.5. The predicted octanol–water partition coefficient (Wildman–Crippen LogP) is 7.17. The van der Waals surface area contributed by atoms with Crippen molar-refractivity contribution in [2.24, 2.45) is 0 Å². The van der Waals surface area contributed by atoms with Gasteiger partial charge in [-0.15, -0.1) is 0 Å². The van der Waals surface area contributed by atoms with E-state index in [9.17, 15) is 4.79 Å². The number of aromatic amines is 2. The van der Waals surface area contributed by atoms with Gasteiger partial charge in [0.25, 0.3) is 0 Å². The van der Waals surface area contributed by atoms with E-state index in [1.807, 2.05) is 43.3 Å². The van der Waals surface area contributed by atoms with Crippen LogP contribution in [-0.2, 0) is 16.6 Å². The summed E-state index contributed by atoms with van der Waals surface area (Å²) in [5.74, 6) is -0.332. The summed E-state index contributed by atoms with van der Waals surface area (Å²) in [5, 5.41) is 3.94. The van der Waals surface area contributed by atoms with Crippen LogP contribution in [0.2, 0.25) is 0 Å². The van der Waals surface area contributed by atoms with E-state index in [1.54, 1.807) is 12.4 Å². The van der Waals surface area contributed by atoms with Gasteiger partial charge in [-0.2, -0.15) is 0 Å². The molecule has 5 aromatic rings. The molecule has 0 fully saturated rings. The summed E-state index contributed by atoms with van der Waals surface area (Å²) in [5.41, 5.74) is 2.54. The van der Waals surface area contributed by atoms with E-state index in [-0.39, 0.29) is 23.6 Å². The van der Waals surface area contributed by atoms with Gasteiger partial charge in [-0.25, -0.2) is 13.8 Å². The molecule has 1 aliphatic rings. The number of aryl methyl sites for hydroxylation is 1. The third-order valence-electron chi connectivity index (χ3n) is 7.80. The number of hydrogen-bond donors (Lipinski definition) is 3. The van der Waals surface area contributed by atoms with Gasteiger partial charge in [0, 0.05) is 59.0 Å². The highest BCUT2D eigenvalue weighted by Gasteiger charge is 2.34. The molecule has 1 atom stereocenters. The normalized spacial score (nSPS) is 18.3. The van der Waals surface area contributed by atoms with Gasteiger partial charge >= 0.3 is 0 Å². The van der Waals surface area contributed by atoms with E-state index >= 15 is 8.78 Å². The summed E-state index contributed by atoms with van der Waals surface area (Å²) >= 11 is 0. The van der Waals surface area contributed by atoms with Crippen molar-refractivity contribution in [1.29, 1.82) is 0 Å². The van der Waals surface area contributed by atoms with Crippen molar-refractivity contribution < 1.29 is 18.3 Å². The Morgan fingerprint density at radius 2 is 1.82 bits per heavy atom. The fourth-order valence-corrected chi connectivity index (χ4v) is 5.56. The molecule has 6 rings (SSSR count). The van der Waals surface area contributed by atoms with E-state index in [0.29, 0.717) is 35.8 Å². The highest BCUT2D eigenvalue weighted by Crippen LogP contribution is 2.39. The smallest absolute Gasteiger partial charge is 0.221 e. The van der Waals surface area contributed by atoms with Crippen LogP contribution < -0.4 is 10.1 Å². The van der Waals surface area contributed by atoms with Crippen molar-refractivity contribution in [2.75, 3.05) is 6.54 Å². The lowest BCUT2D eigenvalue weighted by molar-refractivity contribution is -0.122. The van der Waals surface area contributed by atoms with Crippen LogP contribution in [0.4, 0.5) is 8.78 Å². The molecule has 4 bridgehead atoms. The monoisotopic (exact) mass is 540 g/mol. The molecule has 0 radical (unpaired) electrons. The summed E-state index contributed by atoms with van der Waals surface area (Å²) in [6, 6.07) is 17.4. The van der Waals surface area contributed by atoms with E-state index in [2.05, 4.69) is 20.3 Å². The lowest BCUT2D eigenvalue weighted by atomic mass is 9.76. The standard InChI is InChI=1S/C32H30F2N4O2/c1-32(20-8-4-2-5-9-20)18-29(39)36-14-7-3-6-10-23-22-13-15-35-27(22)17-26(34)30(23)40-21-11-12-25(33)24(16-21)31-37-19-28(32)38-31/h2,4-5,8-9,11-13,15-17,19,35H,3,6-7,10,14,18H2,1H3,(H,36,39)(H,37,38). The first kappa shape index (κ1) is 25.8. The number of nitrogens with one attached hydrogen (secondary N) is 3. The van der Waals surface area contributed by atoms with Gasteiger partial charge in [0.2, 0.25) is 5.91 Å². The van der Waals surface area contributed by atoms with E-state index in [4.69, 9.17) is 4.74 Å². The van der Waals surface area contributed by atoms with E-state index in [1.165, 1.54) is 24.3 Å². The van der Waals surface area contributed by atoms with Gasteiger partial charge in [-0.05, 0) is 56.0 Å². The molecule has 0 aliphatic carbocycles. The van der Waals surface area contributed by atoms with Crippen molar-refractivity contribution >= 4 is 16.8 Å². The second-order valence-electron chi connectivity index (χ2n) is 10.5. The van der Waals surface area contributed by atoms with Gasteiger partial charge < -0.3 is 20.0 Å². The Morgan fingerprint density at radius 1 is 0.975 bits per heavy atom. The molecule has 1 amide bonds. The summed E-state index contributed by atoms with van der Waals surface area (Å²) < 4.78 is 36.6. The minimum absolute atomic E-state index is 0.0772. The zero-order valence-electron chi connectivity index (χ0n) is 22.2. The maximum Gasteiger partial charge on any atom is 0.221 e. The molecule has 2 aromatic heterocycles. The Bertz CT molecular complexity index is 1680. The maximum absolute atomic E-state index is 15.3. The molecule has 3 N–H and O–H groups in total. The molecule has 3 aromatic carbocycles. The van der Waals surface area contributed by atoms with Crippen LogP contribution >= 0.6 is 0 Å². The van der Waals surface area contributed by atoms with Crippen molar-refractivity contribution in [1.82, 2.24) is 20.3 Å². The second kappa shape index (κ2) is 10.6. The SMILES string of the molecule is CC1(c2ccccc2)CC(=O)NCCCCCc2c(c(F)cc3[nH]ccc23)Oc2ccc(F)c(c2)-c2ncc1[nH]2. The van der Waals surface area contributed by atoms with Crippen LogP contribution in [-0.4, -0.2) is 27.4 Å². The molecular formula is C32H30F2N4O2. The number of carbonyl (C=O) groups is 1. The number of halogens is 2. The van der Waals surface area contributed by atoms with E-state index < -0.39 is 17.0 Å². The Labute approximate surface area is 230 Å². The average Bonchev–Trinajstić information content (AvgIpc) is 3.63.